The number of ketones is 1. The Morgan fingerprint density at radius 1 is 1.06 bits per heavy atom. The summed E-state index contributed by atoms with van der Waals surface area (Å²) in [5.41, 5.74) is 4.03. The fourth-order valence-electron chi connectivity index (χ4n) is 3.66. The number of Topliss-reactive ketones (excluding diaryl/α,β-unsaturated/α-hetero) is 1. The van der Waals surface area contributed by atoms with E-state index in [0.29, 0.717) is 28.1 Å². The molecule has 0 saturated heterocycles. The number of aliphatic hydroxyl groups is 1. The number of aromatic amines is 1. The van der Waals surface area contributed by atoms with E-state index in [4.69, 9.17) is 4.74 Å². The first-order chi connectivity index (χ1) is 15.6. The van der Waals surface area contributed by atoms with E-state index in [-0.39, 0.29) is 18.2 Å². The second-order valence-electron chi connectivity index (χ2n) is 7.37. The Morgan fingerprint density at radius 3 is 2.50 bits per heavy atom. The normalized spacial score (nSPS) is 11.7. The Labute approximate surface area is 185 Å². The highest BCUT2D eigenvalue weighted by Crippen LogP contribution is 2.31. The first-order valence-corrected chi connectivity index (χ1v) is 10.2. The number of nitrogens with one attached hydrogen (secondary N) is 2. The number of H-pyrrole nitrogens is 1. The Morgan fingerprint density at radius 2 is 1.81 bits per heavy atom. The highest BCUT2D eigenvalue weighted by atomic mass is 19.1. The van der Waals surface area contributed by atoms with Crippen LogP contribution in [0.25, 0.3) is 11.1 Å². The molecule has 0 aliphatic heterocycles. The van der Waals surface area contributed by atoms with Crippen LogP contribution < -0.4 is 10.1 Å². The van der Waals surface area contributed by atoms with E-state index >= 15 is 0 Å². The van der Waals surface area contributed by atoms with Gasteiger partial charge in [0.05, 0.1) is 13.7 Å². The second kappa shape index (κ2) is 9.49. The van der Waals surface area contributed by atoms with Crippen LogP contribution in [0.3, 0.4) is 0 Å². The zero-order chi connectivity index (χ0) is 22.5. The SMILES string of the molecule is COc1cc(CO)cc(NC(C(=O)c2c[nH]cc2-c2ccc(F)cc2)c2ccccc2)c1. The predicted molar refractivity (Wildman–Crippen MR) is 122 cm³/mol. The molecule has 5 nitrogen and oxygen atoms in total. The van der Waals surface area contributed by atoms with Gasteiger partial charge >= 0.3 is 0 Å². The molecule has 0 amide bonds. The van der Waals surface area contributed by atoms with Crippen LogP contribution in [0.15, 0.2) is 85.2 Å². The van der Waals surface area contributed by atoms with E-state index in [2.05, 4.69) is 10.3 Å². The molecule has 4 aromatic rings. The van der Waals surface area contributed by atoms with E-state index in [0.717, 1.165) is 11.1 Å². The largest absolute Gasteiger partial charge is 0.497 e. The van der Waals surface area contributed by atoms with Crippen LogP contribution in [0.2, 0.25) is 0 Å². The molecule has 0 fully saturated rings. The minimum Gasteiger partial charge on any atom is -0.497 e. The molecule has 4 rings (SSSR count). The first kappa shape index (κ1) is 21.3. The molecule has 3 aromatic carbocycles. The average Bonchev–Trinajstić information content (AvgIpc) is 3.33. The number of hydrogen-bond donors (Lipinski definition) is 3. The summed E-state index contributed by atoms with van der Waals surface area (Å²) < 4.78 is 18.7. The van der Waals surface area contributed by atoms with Crippen molar-refractivity contribution in [3.63, 3.8) is 0 Å². The van der Waals surface area contributed by atoms with Gasteiger partial charge in [-0.3, -0.25) is 4.79 Å². The number of halogens is 1. The Kier molecular flexibility index (Phi) is 6.33. The molecule has 6 heteroatoms. The summed E-state index contributed by atoms with van der Waals surface area (Å²) in [6, 6.07) is 20.1. The third-order valence-corrected chi connectivity index (χ3v) is 5.26. The molecule has 1 heterocycles. The number of hydrogen-bond acceptors (Lipinski definition) is 4. The lowest BCUT2D eigenvalue weighted by molar-refractivity contribution is 0.0970. The first-order valence-electron chi connectivity index (χ1n) is 10.2. The molecule has 1 atom stereocenters. The van der Waals surface area contributed by atoms with E-state index < -0.39 is 6.04 Å². The Bertz CT molecular complexity index is 1180. The van der Waals surface area contributed by atoms with Crippen molar-refractivity contribution in [3.8, 4) is 16.9 Å². The summed E-state index contributed by atoms with van der Waals surface area (Å²) in [7, 11) is 1.55. The molecule has 0 aliphatic carbocycles. The standard InChI is InChI=1S/C26H23FN2O3/c1-32-22-12-17(16-30)11-21(13-22)29-25(19-5-3-2-4-6-19)26(31)24-15-28-14-23(24)18-7-9-20(27)10-8-18/h2-15,25,28-30H,16H2,1H3. The van der Waals surface area contributed by atoms with Gasteiger partial charge in [0.2, 0.25) is 0 Å². The molecule has 0 saturated carbocycles. The van der Waals surface area contributed by atoms with Gasteiger partial charge in [-0.15, -0.1) is 0 Å². The van der Waals surface area contributed by atoms with Crippen LogP contribution in [0.1, 0.15) is 27.5 Å². The zero-order valence-electron chi connectivity index (χ0n) is 17.5. The van der Waals surface area contributed by atoms with E-state index in [1.807, 2.05) is 30.3 Å². The fourth-order valence-corrected chi connectivity index (χ4v) is 3.66. The van der Waals surface area contributed by atoms with E-state index in [1.165, 1.54) is 12.1 Å². The maximum atomic E-state index is 13.7. The summed E-state index contributed by atoms with van der Waals surface area (Å²) in [5, 5.41) is 12.9. The molecule has 3 N–H and O–H groups in total. The molecule has 162 valence electrons. The summed E-state index contributed by atoms with van der Waals surface area (Å²) in [6.45, 7) is -0.150. The van der Waals surface area contributed by atoms with Crippen molar-refractivity contribution in [1.29, 1.82) is 0 Å². The summed E-state index contributed by atoms with van der Waals surface area (Å²) >= 11 is 0. The zero-order valence-corrected chi connectivity index (χ0v) is 17.5. The Balaban J connectivity index is 1.74. The molecule has 1 unspecified atom stereocenters. The van der Waals surface area contributed by atoms with Crippen molar-refractivity contribution in [2.45, 2.75) is 12.6 Å². The summed E-state index contributed by atoms with van der Waals surface area (Å²) in [4.78, 5) is 16.7. The summed E-state index contributed by atoms with van der Waals surface area (Å²) in [5.74, 6) is 0.0933. The molecular weight excluding hydrogens is 407 g/mol. The van der Waals surface area contributed by atoms with Gasteiger partial charge in [0.1, 0.15) is 17.6 Å². The monoisotopic (exact) mass is 430 g/mol. The lowest BCUT2D eigenvalue weighted by Gasteiger charge is -2.21. The van der Waals surface area contributed by atoms with Gasteiger partial charge in [-0.05, 0) is 41.0 Å². The highest BCUT2D eigenvalue weighted by Gasteiger charge is 2.25. The van der Waals surface area contributed by atoms with Gasteiger partial charge in [-0.25, -0.2) is 4.39 Å². The van der Waals surface area contributed by atoms with E-state index in [1.54, 1.807) is 49.8 Å². The molecule has 1 aromatic heterocycles. The number of benzene rings is 3. The van der Waals surface area contributed by atoms with Crippen molar-refractivity contribution in [2.75, 3.05) is 12.4 Å². The number of aliphatic hydroxyl groups excluding tert-OH is 1. The van der Waals surface area contributed by atoms with Gasteiger partial charge in [0.25, 0.3) is 0 Å². The number of rotatable bonds is 8. The number of carbonyl (C=O) groups excluding carboxylic acids is 1. The topological polar surface area (TPSA) is 74.3 Å². The number of methoxy groups -OCH3 is 1. The maximum absolute atomic E-state index is 13.7. The summed E-state index contributed by atoms with van der Waals surface area (Å²) in [6.07, 6.45) is 3.39. The maximum Gasteiger partial charge on any atom is 0.191 e. The lowest BCUT2D eigenvalue weighted by atomic mass is 9.94. The van der Waals surface area contributed by atoms with Crippen LogP contribution in [0, 0.1) is 5.82 Å². The van der Waals surface area contributed by atoms with E-state index in [9.17, 15) is 14.3 Å². The minimum absolute atomic E-state index is 0.148. The van der Waals surface area contributed by atoms with Gasteiger partial charge in [-0.2, -0.15) is 0 Å². The number of aromatic nitrogens is 1. The molecule has 0 radical (unpaired) electrons. The average molecular weight is 430 g/mol. The highest BCUT2D eigenvalue weighted by molar-refractivity contribution is 6.07. The van der Waals surface area contributed by atoms with Crippen molar-refractivity contribution in [3.05, 3.63) is 108 Å². The number of carbonyl (C=O) groups is 1. The second-order valence-corrected chi connectivity index (χ2v) is 7.37. The smallest absolute Gasteiger partial charge is 0.191 e. The van der Waals surface area contributed by atoms with Gasteiger partial charge in [0.15, 0.2) is 5.78 Å². The quantitative estimate of drug-likeness (QED) is 0.329. The lowest BCUT2D eigenvalue weighted by Crippen LogP contribution is -2.21. The van der Waals surface area contributed by atoms with Crippen molar-refractivity contribution >= 4 is 11.5 Å². The minimum atomic E-state index is -0.690. The third kappa shape index (κ3) is 4.55. The van der Waals surface area contributed by atoms with Gasteiger partial charge in [0, 0.05) is 35.3 Å². The molecule has 0 spiro atoms. The molecular formula is C26H23FN2O3. The molecule has 32 heavy (non-hydrogen) atoms. The van der Waals surface area contributed by atoms with Crippen molar-refractivity contribution < 1.29 is 19.0 Å². The fraction of sp³-hybridized carbons (Fsp3) is 0.115. The van der Waals surface area contributed by atoms with Crippen LogP contribution in [0.4, 0.5) is 10.1 Å². The van der Waals surface area contributed by atoms with Crippen LogP contribution in [-0.2, 0) is 6.61 Å². The van der Waals surface area contributed by atoms with Crippen molar-refractivity contribution in [2.24, 2.45) is 0 Å². The van der Waals surface area contributed by atoms with Gasteiger partial charge in [-0.1, -0.05) is 42.5 Å². The number of anilines is 1. The van der Waals surface area contributed by atoms with Crippen LogP contribution in [0.5, 0.6) is 5.75 Å². The predicted octanol–water partition coefficient (Wildman–Crippen LogP) is 5.36. The third-order valence-electron chi connectivity index (χ3n) is 5.26. The molecule has 0 aliphatic rings. The van der Waals surface area contributed by atoms with Crippen LogP contribution >= 0.6 is 0 Å². The Hall–Kier alpha value is -3.90. The van der Waals surface area contributed by atoms with Crippen molar-refractivity contribution in [1.82, 2.24) is 4.98 Å². The van der Waals surface area contributed by atoms with Gasteiger partial charge < -0.3 is 20.1 Å². The number of ether oxygens (including phenoxy) is 1. The molecule has 0 bridgehead atoms. The van der Waals surface area contributed by atoms with Crippen LogP contribution in [-0.4, -0.2) is 23.0 Å².